The normalized spacial score (nSPS) is 18.4. The van der Waals surface area contributed by atoms with Gasteiger partial charge in [-0.3, -0.25) is 5.43 Å². The zero-order valence-corrected chi connectivity index (χ0v) is 19.2. The molecule has 1 spiro atoms. The van der Waals surface area contributed by atoms with Gasteiger partial charge in [-0.25, -0.2) is 14.9 Å². The highest BCUT2D eigenvalue weighted by molar-refractivity contribution is 5.89. The lowest BCUT2D eigenvalue weighted by atomic mass is 9.73. The van der Waals surface area contributed by atoms with Crippen molar-refractivity contribution >= 4 is 18.3 Å². The second kappa shape index (κ2) is 9.36. The second-order valence-corrected chi connectivity index (χ2v) is 9.16. The van der Waals surface area contributed by atoms with Crippen LogP contribution in [0.1, 0.15) is 41.0 Å². The number of carbonyl (C=O) groups excluding carboxylic acids is 1. The number of aliphatic imine (C=N–C) groups is 1. The van der Waals surface area contributed by atoms with Gasteiger partial charge in [-0.2, -0.15) is 0 Å². The fraction of sp³-hybridized carbons (Fsp3) is 0.591. The van der Waals surface area contributed by atoms with Gasteiger partial charge in [0.15, 0.2) is 0 Å². The lowest BCUT2D eigenvalue weighted by Crippen LogP contribution is -2.73. The van der Waals surface area contributed by atoms with Crippen molar-refractivity contribution in [1.29, 1.82) is 0 Å². The van der Waals surface area contributed by atoms with Crippen LogP contribution >= 0.6 is 0 Å². The molecule has 166 valence electrons. The minimum Gasteiger partial charge on any atom is -0.444 e. The van der Waals surface area contributed by atoms with Crippen LogP contribution in [0.2, 0.25) is 0 Å². The van der Waals surface area contributed by atoms with Crippen LogP contribution < -0.4 is 5.43 Å². The van der Waals surface area contributed by atoms with Crippen molar-refractivity contribution in [2.24, 2.45) is 15.5 Å². The monoisotopic (exact) mass is 416 g/mol. The minimum atomic E-state index is -0.456. The Kier molecular flexibility index (Phi) is 7.34. The van der Waals surface area contributed by atoms with Crippen molar-refractivity contribution < 1.29 is 9.53 Å². The molecule has 2 saturated heterocycles. The van der Waals surface area contributed by atoms with Crippen LogP contribution in [0.5, 0.6) is 0 Å². The number of hydrogen-bond donors (Lipinski definition) is 1. The number of likely N-dealkylation sites (tertiary alicyclic amines) is 2. The molecule has 1 N–H and O–H groups in total. The number of carbonyl (C=O) groups is 1. The smallest absolute Gasteiger partial charge is 0.410 e. The number of nitrogens with one attached hydrogen (secondary N) is 1. The highest BCUT2D eigenvalue weighted by Gasteiger charge is 2.54. The zero-order chi connectivity index (χ0) is 22.5. The maximum absolute atomic E-state index is 12.1. The summed E-state index contributed by atoms with van der Waals surface area (Å²) in [5.41, 5.74) is 4.41. The maximum atomic E-state index is 12.1. The van der Waals surface area contributed by atoms with E-state index >= 15 is 0 Å². The zero-order valence-electron chi connectivity index (χ0n) is 19.2. The van der Waals surface area contributed by atoms with E-state index in [1.54, 1.807) is 23.4 Å². The summed E-state index contributed by atoms with van der Waals surface area (Å²) in [5, 5.41) is 5.82. The first kappa shape index (κ1) is 23.5. The summed E-state index contributed by atoms with van der Waals surface area (Å²) in [6, 6.07) is 0. The Hall–Kier alpha value is -2.77. The van der Waals surface area contributed by atoms with E-state index in [2.05, 4.69) is 40.5 Å². The molecule has 0 aromatic rings. The van der Waals surface area contributed by atoms with Crippen molar-refractivity contribution in [3.05, 3.63) is 36.6 Å². The SMILES string of the molecule is C=C(C)/C=C\C(=C)NN(C)/N=C\N=C(CC)N1CC2(CN(C(=O)OC(C)(C)C)C2)C1. The van der Waals surface area contributed by atoms with Gasteiger partial charge in [0, 0.05) is 50.8 Å². The third-order valence-corrected chi connectivity index (χ3v) is 4.74. The van der Waals surface area contributed by atoms with Crippen LogP contribution in [0, 0.1) is 5.41 Å². The second-order valence-electron chi connectivity index (χ2n) is 9.16. The molecule has 0 unspecified atom stereocenters. The highest BCUT2D eigenvalue weighted by Crippen LogP contribution is 2.40. The molecule has 1 amide bonds. The molecule has 0 atom stereocenters. The number of hydrazine groups is 1. The summed E-state index contributed by atoms with van der Waals surface area (Å²) >= 11 is 0. The lowest BCUT2D eigenvalue weighted by molar-refractivity contribution is -0.0891. The third kappa shape index (κ3) is 6.64. The number of hydrogen-bond acceptors (Lipinski definition) is 5. The number of rotatable bonds is 7. The first-order chi connectivity index (χ1) is 13.9. The summed E-state index contributed by atoms with van der Waals surface area (Å²) in [5.74, 6) is 0.995. The van der Waals surface area contributed by atoms with Gasteiger partial charge < -0.3 is 14.5 Å². The standard InChI is InChI=1S/C22H36N6O2/c1-9-19(23-16-24-26(8)25-18(4)11-10-17(2)3)27-12-22(13-27)14-28(15-22)20(29)30-21(5,6)7/h10-11,16,25H,2,4,9,12-15H2,1,3,5-8H3/b11-10-,23-19?,24-16-. The van der Waals surface area contributed by atoms with E-state index in [0.717, 1.165) is 44.0 Å². The topological polar surface area (TPSA) is 72.8 Å². The van der Waals surface area contributed by atoms with Crippen LogP contribution in [0.25, 0.3) is 0 Å². The number of allylic oxidation sites excluding steroid dienone is 3. The van der Waals surface area contributed by atoms with E-state index in [9.17, 15) is 4.79 Å². The van der Waals surface area contributed by atoms with Crippen LogP contribution in [0.3, 0.4) is 0 Å². The van der Waals surface area contributed by atoms with Gasteiger partial charge in [-0.15, -0.1) is 5.10 Å². The summed E-state index contributed by atoms with van der Waals surface area (Å²) in [6.07, 6.45) is 5.86. The molecular formula is C22H36N6O2. The Morgan fingerprint density at radius 1 is 1.20 bits per heavy atom. The number of nitrogens with zero attached hydrogens (tertiary/aromatic N) is 5. The van der Waals surface area contributed by atoms with Gasteiger partial charge in [0.25, 0.3) is 0 Å². The molecule has 0 aliphatic carbocycles. The molecule has 2 aliphatic rings. The minimum absolute atomic E-state index is 0.176. The molecule has 2 heterocycles. The predicted octanol–water partition coefficient (Wildman–Crippen LogP) is 3.37. The van der Waals surface area contributed by atoms with Gasteiger partial charge >= 0.3 is 6.09 Å². The highest BCUT2D eigenvalue weighted by atomic mass is 16.6. The first-order valence-corrected chi connectivity index (χ1v) is 10.3. The van der Waals surface area contributed by atoms with Gasteiger partial charge in [0.1, 0.15) is 17.8 Å². The molecule has 0 radical (unpaired) electrons. The van der Waals surface area contributed by atoms with E-state index in [-0.39, 0.29) is 11.5 Å². The Bertz CT molecular complexity index is 748. The largest absolute Gasteiger partial charge is 0.444 e. The average Bonchev–Trinajstić information content (AvgIpc) is 2.54. The quantitative estimate of drug-likeness (QED) is 0.298. The van der Waals surface area contributed by atoms with Gasteiger partial charge in [0.05, 0.1) is 0 Å². The third-order valence-electron chi connectivity index (χ3n) is 4.74. The molecule has 8 nitrogen and oxygen atoms in total. The predicted molar refractivity (Wildman–Crippen MR) is 122 cm³/mol. The van der Waals surface area contributed by atoms with Crippen molar-refractivity contribution in [1.82, 2.24) is 20.3 Å². The maximum Gasteiger partial charge on any atom is 0.410 e. The molecule has 2 aliphatic heterocycles. The molecule has 8 heteroatoms. The summed E-state index contributed by atoms with van der Waals surface area (Å²) in [4.78, 5) is 20.7. The van der Waals surface area contributed by atoms with E-state index in [1.165, 1.54) is 0 Å². The first-order valence-electron chi connectivity index (χ1n) is 10.3. The Morgan fingerprint density at radius 2 is 1.80 bits per heavy atom. The van der Waals surface area contributed by atoms with Crippen LogP contribution in [-0.4, -0.2) is 72.0 Å². The van der Waals surface area contributed by atoms with Crippen molar-refractivity contribution in [2.45, 2.75) is 46.6 Å². The molecular weight excluding hydrogens is 380 g/mol. The Labute approximate surface area is 180 Å². The lowest BCUT2D eigenvalue weighted by Gasteiger charge is -2.60. The Morgan fingerprint density at radius 3 is 2.33 bits per heavy atom. The van der Waals surface area contributed by atoms with Crippen molar-refractivity contribution in [2.75, 3.05) is 33.2 Å². The van der Waals surface area contributed by atoms with Gasteiger partial charge in [-0.1, -0.05) is 31.7 Å². The van der Waals surface area contributed by atoms with Crippen molar-refractivity contribution in [3.8, 4) is 0 Å². The van der Waals surface area contributed by atoms with Crippen LogP contribution in [-0.2, 0) is 4.74 Å². The van der Waals surface area contributed by atoms with Gasteiger partial charge in [-0.05, 0) is 33.8 Å². The van der Waals surface area contributed by atoms with E-state index < -0.39 is 5.60 Å². The molecule has 0 aromatic carbocycles. The Balaban J connectivity index is 1.78. The van der Waals surface area contributed by atoms with Crippen LogP contribution in [0.4, 0.5) is 4.79 Å². The molecule has 2 fully saturated rings. The van der Waals surface area contributed by atoms with Crippen molar-refractivity contribution in [3.63, 3.8) is 0 Å². The van der Waals surface area contributed by atoms with Gasteiger partial charge in [0.2, 0.25) is 0 Å². The number of ether oxygens (including phenoxy) is 1. The molecule has 0 saturated carbocycles. The number of amidine groups is 1. The molecule has 2 rings (SSSR count). The molecule has 0 aromatic heterocycles. The number of amides is 1. The average molecular weight is 417 g/mol. The number of hydrazone groups is 1. The fourth-order valence-electron chi connectivity index (χ4n) is 3.45. The van der Waals surface area contributed by atoms with E-state index in [0.29, 0.717) is 5.70 Å². The van der Waals surface area contributed by atoms with Crippen LogP contribution in [0.15, 0.2) is 46.7 Å². The molecule has 30 heavy (non-hydrogen) atoms. The fourth-order valence-corrected chi connectivity index (χ4v) is 3.45. The molecule has 0 bridgehead atoms. The summed E-state index contributed by atoms with van der Waals surface area (Å²) in [6.45, 7) is 20.7. The summed E-state index contributed by atoms with van der Waals surface area (Å²) in [7, 11) is 1.79. The van der Waals surface area contributed by atoms with E-state index in [4.69, 9.17) is 4.74 Å². The summed E-state index contributed by atoms with van der Waals surface area (Å²) < 4.78 is 5.44. The van der Waals surface area contributed by atoms with E-state index in [1.807, 2.05) is 39.8 Å².